The Bertz CT molecular complexity index is 795. The zero-order valence-electron chi connectivity index (χ0n) is 15.8. The number of ether oxygens (including phenoxy) is 1. The van der Waals surface area contributed by atoms with Gasteiger partial charge in [0.2, 0.25) is 0 Å². The Balaban J connectivity index is 1.39. The molecule has 1 aliphatic rings. The number of nitrogens with one attached hydrogen (secondary N) is 1. The van der Waals surface area contributed by atoms with Crippen LogP contribution in [0.5, 0.6) is 0 Å². The molecule has 1 aromatic heterocycles. The number of hydrogen-bond donors (Lipinski definition) is 1. The third kappa shape index (κ3) is 5.00. The lowest BCUT2D eigenvalue weighted by Gasteiger charge is -2.30. The zero-order chi connectivity index (χ0) is 19.9. The number of piperidine rings is 1. The van der Waals surface area contributed by atoms with Gasteiger partial charge in [0.1, 0.15) is 0 Å². The van der Waals surface area contributed by atoms with Gasteiger partial charge < -0.3 is 19.4 Å². The van der Waals surface area contributed by atoms with Crippen molar-refractivity contribution in [3.05, 3.63) is 60.1 Å². The van der Waals surface area contributed by atoms with E-state index in [1.807, 2.05) is 37.3 Å². The van der Waals surface area contributed by atoms with E-state index in [0.29, 0.717) is 31.7 Å². The Labute approximate surface area is 163 Å². The van der Waals surface area contributed by atoms with Crippen LogP contribution < -0.4 is 5.32 Å². The van der Waals surface area contributed by atoms with Gasteiger partial charge >= 0.3 is 5.97 Å². The number of nitrogens with zero attached hydrogens (tertiary/aromatic N) is 1. The van der Waals surface area contributed by atoms with Crippen LogP contribution in [0.3, 0.4) is 0 Å². The second-order valence-corrected chi connectivity index (χ2v) is 6.85. The summed E-state index contributed by atoms with van der Waals surface area (Å²) >= 11 is 0. The lowest BCUT2D eigenvalue weighted by Crippen LogP contribution is -2.41. The Morgan fingerprint density at radius 2 is 1.86 bits per heavy atom. The lowest BCUT2D eigenvalue weighted by atomic mass is 9.97. The fourth-order valence-corrected chi connectivity index (χ4v) is 3.24. The molecule has 1 atom stereocenters. The highest BCUT2D eigenvalue weighted by Gasteiger charge is 2.30. The van der Waals surface area contributed by atoms with Gasteiger partial charge in [-0.25, -0.2) is 0 Å². The molecule has 1 unspecified atom stereocenters. The molecule has 2 aromatic rings. The van der Waals surface area contributed by atoms with Gasteiger partial charge in [0.05, 0.1) is 18.2 Å². The summed E-state index contributed by atoms with van der Waals surface area (Å²) in [5, 5.41) is 2.81. The molecule has 1 fully saturated rings. The molecule has 1 saturated heterocycles. The molecule has 7 heteroatoms. The molecule has 0 bridgehead atoms. The average Bonchev–Trinajstić information content (AvgIpc) is 3.27. The SMILES string of the molecule is CC(NC(=O)COC(=O)C1CCN(C(=O)c2ccco2)CC1)c1ccccc1. The van der Waals surface area contributed by atoms with Crippen molar-refractivity contribution in [2.75, 3.05) is 19.7 Å². The monoisotopic (exact) mass is 384 g/mol. The molecular weight excluding hydrogens is 360 g/mol. The average molecular weight is 384 g/mol. The highest BCUT2D eigenvalue weighted by molar-refractivity contribution is 5.91. The Morgan fingerprint density at radius 3 is 2.50 bits per heavy atom. The summed E-state index contributed by atoms with van der Waals surface area (Å²) in [4.78, 5) is 38.2. The van der Waals surface area contributed by atoms with Crippen LogP contribution in [0.1, 0.15) is 41.9 Å². The van der Waals surface area contributed by atoms with Crippen LogP contribution in [0.2, 0.25) is 0 Å². The minimum Gasteiger partial charge on any atom is -0.459 e. The summed E-state index contributed by atoms with van der Waals surface area (Å²) in [7, 11) is 0. The predicted molar refractivity (Wildman–Crippen MR) is 101 cm³/mol. The number of hydrogen-bond acceptors (Lipinski definition) is 5. The Hall–Kier alpha value is -3.09. The maximum absolute atomic E-state index is 12.2. The number of esters is 1. The van der Waals surface area contributed by atoms with E-state index >= 15 is 0 Å². The molecular formula is C21H24N2O5. The largest absolute Gasteiger partial charge is 0.459 e. The third-order valence-electron chi connectivity index (χ3n) is 4.87. The fraction of sp³-hybridized carbons (Fsp3) is 0.381. The van der Waals surface area contributed by atoms with Gasteiger partial charge in [-0.2, -0.15) is 0 Å². The molecule has 1 N–H and O–H groups in total. The van der Waals surface area contributed by atoms with Gasteiger partial charge in [0.25, 0.3) is 11.8 Å². The number of furan rings is 1. The van der Waals surface area contributed by atoms with Crippen molar-refractivity contribution in [3.63, 3.8) is 0 Å². The van der Waals surface area contributed by atoms with Crippen LogP contribution >= 0.6 is 0 Å². The van der Waals surface area contributed by atoms with Crippen LogP contribution in [0, 0.1) is 5.92 Å². The first-order valence-corrected chi connectivity index (χ1v) is 9.38. The molecule has 0 aliphatic carbocycles. The van der Waals surface area contributed by atoms with E-state index in [1.165, 1.54) is 6.26 Å². The first kappa shape index (κ1) is 19.7. The summed E-state index contributed by atoms with van der Waals surface area (Å²) < 4.78 is 10.3. The maximum Gasteiger partial charge on any atom is 0.309 e. The smallest absolute Gasteiger partial charge is 0.309 e. The number of amides is 2. The molecule has 0 saturated carbocycles. The van der Waals surface area contributed by atoms with Crippen LogP contribution in [0.4, 0.5) is 0 Å². The van der Waals surface area contributed by atoms with Crippen LogP contribution in [0.15, 0.2) is 53.1 Å². The van der Waals surface area contributed by atoms with Gasteiger partial charge in [0, 0.05) is 13.1 Å². The molecule has 2 heterocycles. The van der Waals surface area contributed by atoms with Crippen molar-refractivity contribution in [2.45, 2.75) is 25.8 Å². The minimum atomic E-state index is -0.396. The van der Waals surface area contributed by atoms with E-state index in [-0.39, 0.29) is 30.4 Å². The Morgan fingerprint density at radius 1 is 1.14 bits per heavy atom. The topological polar surface area (TPSA) is 88.9 Å². The standard InChI is InChI=1S/C21H24N2O5/c1-15(16-6-3-2-4-7-16)22-19(24)14-28-21(26)17-9-11-23(12-10-17)20(25)18-8-5-13-27-18/h2-8,13,15,17H,9-12,14H2,1H3,(H,22,24). The summed E-state index contributed by atoms with van der Waals surface area (Å²) in [6, 6.07) is 12.7. The number of rotatable bonds is 6. The van der Waals surface area contributed by atoms with E-state index in [1.54, 1.807) is 17.0 Å². The molecule has 7 nitrogen and oxygen atoms in total. The van der Waals surface area contributed by atoms with Crippen molar-refractivity contribution in [1.82, 2.24) is 10.2 Å². The third-order valence-corrected chi connectivity index (χ3v) is 4.87. The first-order valence-electron chi connectivity index (χ1n) is 9.38. The van der Waals surface area contributed by atoms with Crippen molar-refractivity contribution in [2.24, 2.45) is 5.92 Å². The molecule has 28 heavy (non-hydrogen) atoms. The summed E-state index contributed by atoms with van der Waals surface area (Å²) in [6.45, 7) is 2.48. The summed E-state index contributed by atoms with van der Waals surface area (Å²) in [5.41, 5.74) is 0.982. The van der Waals surface area contributed by atoms with Crippen LogP contribution in [-0.4, -0.2) is 42.4 Å². The quantitative estimate of drug-likeness (QED) is 0.773. The zero-order valence-corrected chi connectivity index (χ0v) is 15.8. The Kier molecular flexibility index (Phi) is 6.47. The van der Waals surface area contributed by atoms with Gasteiger partial charge in [-0.3, -0.25) is 14.4 Å². The number of carbonyl (C=O) groups excluding carboxylic acids is 3. The van der Waals surface area contributed by atoms with Crippen molar-refractivity contribution in [3.8, 4) is 0 Å². The van der Waals surface area contributed by atoms with Crippen molar-refractivity contribution >= 4 is 17.8 Å². The highest BCUT2D eigenvalue weighted by Crippen LogP contribution is 2.20. The normalized spacial score (nSPS) is 15.7. The number of carbonyl (C=O) groups is 3. The second-order valence-electron chi connectivity index (χ2n) is 6.85. The van der Waals surface area contributed by atoms with Crippen molar-refractivity contribution in [1.29, 1.82) is 0 Å². The molecule has 3 rings (SSSR count). The highest BCUT2D eigenvalue weighted by atomic mass is 16.5. The molecule has 0 radical (unpaired) electrons. The minimum absolute atomic E-state index is 0.164. The van der Waals surface area contributed by atoms with Gasteiger partial charge in [0.15, 0.2) is 12.4 Å². The van der Waals surface area contributed by atoms with Crippen LogP contribution in [0.25, 0.3) is 0 Å². The van der Waals surface area contributed by atoms with E-state index in [4.69, 9.17) is 9.15 Å². The molecule has 148 valence electrons. The molecule has 1 aliphatic heterocycles. The summed E-state index contributed by atoms with van der Waals surface area (Å²) in [5.74, 6) is -0.918. The van der Waals surface area contributed by atoms with E-state index in [9.17, 15) is 14.4 Å². The van der Waals surface area contributed by atoms with Gasteiger partial charge in [-0.1, -0.05) is 30.3 Å². The van der Waals surface area contributed by atoms with Crippen molar-refractivity contribution < 1.29 is 23.5 Å². The van der Waals surface area contributed by atoms with Gasteiger partial charge in [-0.15, -0.1) is 0 Å². The molecule has 2 amide bonds. The predicted octanol–water partition coefficient (Wildman–Crippen LogP) is 2.55. The number of benzene rings is 1. The van der Waals surface area contributed by atoms with Crippen LogP contribution in [-0.2, 0) is 14.3 Å². The number of likely N-dealkylation sites (tertiary alicyclic amines) is 1. The van der Waals surface area contributed by atoms with Gasteiger partial charge in [-0.05, 0) is 37.5 Å². The summed E-state index contributed by atoms with van der Waals surface area (Å²) in [6.07, 6.45) is 2.47. The maximum atomic E-state index is 12.2. The lowest BCUT2D eigenvalue weighted by molar-refractivity contribution is -0.154. The first-order chi connectivity index (χ1) is 13.5. The van der Waals surface area contributed by atoms with E-state index in [2.05, 4.69) is 5.32 Å². The second kappa shape index (κ2) is 9.21. The van der Waals surface area contributed by atoms with E-state index < -0.39 is 5.97 Å². The van der Waals surface area contributed by atoms with E-state index in [0.717, 1.165) is 5.56 Å². The fourth-order valence-electron chi connectivity index (χ4n) is 3.24. The molecule has 0 spiro atoms. The molecule has 1 aromatic carbocycles.